The standard InChI is InChI=1S/C24H29N3O6S/c1-32-20-6-4-19(5-7-20)24(10-14-33-15-11-24)17-26-23(29)18-2-8-21(9-3-18)34(30,31)27-13-12-25-22(28)16-27/h2-9H,10-17H2,1H3,(H,25,28)(H,26,29). The highest BCUT2D eigenvalue weighted by atomic mass is 32.2. The summed E-state index contributed by atoms with van der Waals surface area (Å²) >= 11 is 0. The minimum absolute atomic E-state index is 0.0536. The molecule has 2 saturated heterocycles. The Bertz CT molecular complexity index is 1130. The Morgan fingerprint density at radius 1 is 1.12 bits per heavy atom. The third-order valence-corrected chi connectivity index (χ3v) is 8.36. The lowest BCUT2D eigenvalue weighted by atomic mass is 9.74. The number of hydrogen-bond donors (Lipinski definition) is 2. The Morgan fingerprint density at radius 3 is 2.41 bits per heavy atom. The summed E-state index contributed by atoms with van der Waals surface area (Å²) in [5.41, 5.74) is 1.23. The normalized spacial score (nSPS) is 18.7. The van der Waals surface area contributed by atoms with Gasteiger partial charge in [-0.05, 0) is 54.8 Å². The smallest absolute Gasteiger partial charge is 0.251 e. The van der Waals surface area contributed by atoms with E-state index in [-0.39, 0.29) is 41.8 Å². The number of hydrogen-bond acceptors (Lipinski definition) is 6. The third kappa shape index (κ3) is 5.08. The Kier molecular flexibility index (Phi) is 7.20. The third-order valence-electron chi connectivity index (χ3n) is 6.50. The fraction of sp³-hybridized carbons (Fsp3) is 0.417. The van der Waals surface area contributed by atoms with E-state index in [0.29, 0.717) is 25.3 Å². The van der Waals surface area contributed by atoms with Crippen LogP contribution < -0.4 is 15.4 Å². The average Bonchev–Trinajstić information content (AvgIpc) is 2.88. The number of carbonyl (C=O) groups excluding carboxylic acids is 2. The SMILES string of the molecule is COc1ccc(C2(CNC(=O)c3ccc(S(=O)(=O)N4CCNC(=O)C4)cc3)CCOCC2)cc1. The molecule has 0 aromatic heterocycles. The number of benzene rings is 2. The van der Waals surface area contributed by atoms with Crippen LogP contribution in [0.5, 0.6) is 5.75 Å². The highest BCUT2D eigenvalue weighted by Crippen LogP contribution is 2.35. The Balaban J connectivity index is 1.45. The van der Waals surface area contributed by atoms with Gasteiger partial charge >= 0.3 is 0 Å². The lowest BCUT2D eigenvalue weighted by Gasteiger charge is -2.38. The second-order valence-corrected chi connectivity index (χ2v) is 10.5. The highest BCUT2D eigenvalue weighted by Gasteiger charge is 2.35. The Morgan fingerprint density at radius 2 is 1.79 bits per heavy atom. The first-order chi connectivity index (χ1) is 16.3. The number of nitrogens with zero attached hydrogens (tertiary/aromatic N) is 1. The summed E-state index contributed by atoms with van der Waals surface area (Å²) in [4.78, 5) is 24.5. The number of ether oxygens (including phenoxy) is 2. The van der Waals surface area contributed by atoms with Gasteiger partial charge in [0, 0.05) is 43.8 Å². The molecule has 2 aliphatic heterocycles. The van der Waals surface area contributed by atoms with Crippen molar-refractivity contribution in [3.8, 4) is 5.75 Å². The molecule has 4 rings (SSSR count). The van der Waals surface area contributed by atoms with Crippen molar-refractivity contribution in [3.05, 3.63) is 59.7 Å². The molecule has 0 spiro atoms. The van der Waals surface area contributed by atoms with Gasteiger partial charge in [0.25, 0.3) is 5.91 Å². The molecule has 2 amide bonds. The maximum atomic E-state index is 12.9. The second-order valence-electron chi connectivity index (χ2n) is 8.52. The number of methoxy groups -OCH3 is 1. The largest absolute Gasteiger partial charge is 0.497 e. The molecule has 2 aromatic carbocycles. The van der Waals surface area contributed by atoms with Crippen LogP contribution in [0.25, 0.3) is 0 Å². The number of piperazine rings is 1. The lowest BCUT2D eigenvalue weighted by Crippen LogP contribution is -2.49. The maximum absolute atomic E-state index is 12.9. The van der Waals surface area contributed by atoms with Gasteiger partial charge < -0.3 is 20.1 Å². The molecular formula is C24H29N3O6S. The van der Waals surface area contributed by atoms with Crippen molar-refractivity contribution in [1.29, 1.82) is 0 Å². The predicted octanol–water partition coefficient (Wildman–Crippen LogP) is 1.29. The van der Waals surface area contributed by atoms with E-state index in [4.69, 9.17) is 9.47 Å². The predicted molar refractivity (Wildman–Crippen MR) is 125 cm³/mol. The van der Waals surface area contributed by atoms with Crippen molar-refractivity contribution >= 4 is 21.8 Å². The number of sulfonamides is 1. The van der Waals surface area contributed by atoms with Crippen LogP contribution in [0, 0.1) is 0 Å². The van der Waals surface area contributed by atoms with Crippen LogP contribution in [0.15, 0.2) is 53.4 Å². The van der Waals surface area contributed by atoms with Gasteiger partial charge in [-0.2, -0.15) is 4.31 Å². The number of amides is 2. The molecule has 34 heavy (non-hydrogen) atoms. The van der Waals surface area contributed by atoms with E-state index in [1.165, 1.54) is 24.3 Å². The van der Waals surface area contributed by atoms with Crippen LogP contribution in [-0.4, -0.2) is 71.0 Å². The van der Waals surface area contributed by atoms with Crippen LogP contribution in [0.2, 0.25) is 0 Å². The topological polar surface area (TPSA) is 114 Å². The van der Waals surface area contributed by atoms with Gasteiger partial charge in [0.15, 0.2) is 0 Å². The fourth-order valence-corrected chi connectivity index (χ4v) is 5.77. The van der Waals surface area contributed by atoms with E-state index >= 15 is 0 Å². The van der Waals surface area contributed by atoms with Gasteiger partial charge in [-0.3, -0.25) is 9.59 Å². The van der Waals surface area contributed by atoms with Gasteiger partial charge in [0.05, 0.1) is 18.6 Å². The zero-order valence-corrected chi connectivity index (χ0v) is 19.9. The molecular weight excluding hydrogens is 458 g/mol. The van der Waals surface area contributed by atoms with Gasteiger partial charge in [-0.15, -0.1) is 0 Å². The first kappa shape index (κ1) is 24.2. The molecule has 0 atom stereocenters. The molecule has 0 unspecified atom stereocenters. The van der Waals surface area contributed by atoms with Crippen LogP contribution in [0.4, 0.5) is 0 Å². The molecule has 2 N–H and O–H groups in total. The van der Waals surface area contributed by atoms with E-state index in [1.54, 1.807) is 7.11 Å². The van der Waals surface area contributed by atoms with E-state index in [1.807, 2.05) is 24.3 Å². The molecule has 9 nitrogen and oxygen atoms in total. The molecule has 2 heterocycles. The van der Waals surface area contributed by atoms with Crippen molar-refractivity contribution in [2.24, 2.45) is 0 Å². The summed E-state index contributed by atoms with van der Waals surface area (Å²) in [6, 6.07) is 13.7. The Labute approximate surface area is 199 Å². The van der Waals surface area contributed by atoms with E-state index in [9.17, 15) is 18.0 Å². The van der Waals surface area contributed by atoms with E-state index < -0.39 is 10.0 Å². The van der Waals surface area contributed by atoms with Gasteiger partial charge in [0.1, 0.15) is 5.75 Å². The van der Waals surface area contributed by atoms with Gasteiger partial charge in [0.2, 0.25) is 15.9 Å². The molecule has 0 bridgehead atoms. The number of nitrogens with one attached hydrogen (secondary N) is 2. The fourth-order valence-electron chi connectivity index (χ4n) is 4.37. The second kappa shape index (κ2) is 10.1. The first-order valence-electron chi connectivity index (χ1n) is 11.2. The van der Waals surface area contributed by atoms with Crippen molar-refractivity contribution < 1.29 is 27.5 Å². The van der Waals surface area contributed by atoms with Crippen molar-refractivity contribution in [3.63, 3.8) is 0 Å². The zero-order chi connectivity index (χ0) is 24.2. The zero-order valence-electron chi connectivity index (χ0n) is 19.1. The van der Waals surface area contributed by atoms with Crippen LogP contribution in [0.1, 0.15) is 28.8 Å². The summed E-state index contributed by atoms with van der Waals surface area (Å²) in [5, 5.41) is 5.63. The van der Waals surface area contributed by atoms with Gasteiger partial charge in [-0.1, -0.05) is 12.1 Å². The number of rotatable bonds is 7. The molecule has 10 heteroatoms. The van der Waals surface area contributed by atoms with Crippen molar-refractivity contribution in [1.82, 2.24) is 14.9 Å². The average molecular weight is 488 g/mol. The maximum Gasteiger partial charge on any atom is 0.251 e. The number of carbonyl (C=O) groups is 2. The molecule has 0 radical (unpaired) electrons. The summed E-state index contributed by atoms with van der Waals surface area (Å²) in [7, 11) is -2.18. The van der Waals surface area contributed by atoms with Crippen LogP contribution in [0.3, 0.4) is 0 Å². The van der Waals surface area contributed by atoms with Crippen LogP contribution in [-0.2, 0) is 25.0 Å². The van der Waals surface area contributed by atoms with E-state index in [2.05, 4.69) is 10.6 Å². The summed E-state index contributed by atoms with van der Waals surface area (Å²) in [5.74, 6) is 0.167. The first-order valence-corrected chi connectivity index (χ1v) is 12.7. The highest BCUT2D eigenvalue weighted by molar-refractivity contribution is 7.89. The Hall–Kier alpha value is -2.95. The summed E-state index contributed by atoms with van der Waals surface area (Å²) in [6.07, 6.45) is 1.56. The molecule has 2 aliphatic rings. The molecule has 182 valence electrons. The molecule has 0 aliphatic carbocycles. The van der Waals surface area contributed by atoms with Crippen molar-refractivity contribution in [2.45, 2.75) is 23.2 Å². The van der Waals surface area contributed by atoms with Crippen molar-refractivity contribution in [2.75, 3.05) is 46.5 Å². The summed E-state index contributed by atoms with van der Waals surface area (Å²) in [6.45, 7) is 1.95. The molecule has 2 fully saturated rings. The van der Waals surface area contributed by atoms with Crippen LogP contribution >= 0.6 is 0 Å². The minimum Gasteiger partial charge on any atom is -0.497 e. The molecule has 2 aromatic rings. The quantitative estimate of drug-likeness (QED) is 0.609. The van der Waals surface area contributed by atoms with Gasteiger partial charge in [-0.25, -0.2) is 8.42 Å². The minimum atomic E-state index is -3.80. The monoisotopic (exact) mass is 487 g/mol. The van der Waals surface area contributed by atoms with E-state index in [0.717, 1.165) is 28.5 Å². The molecule has 0 saturated carbocycles. The summed E-state index contributed by atoms with van der Waals surface area (Å²) < 4.78 is 37.6. The lowest BCUT2D eigenvalue weighted by molar-refractivity contribution is -0.122.